The van der Waals surface area contributed by atoms with Crippen molar-refractivity contribution in [2.75, 3.05) is 0 Å². The quantitative estimate of drug-likeness (QED) is 0.190. The van der Waals surface area contributed by atoms with Crippen LogP contribution in [0.1, 0.15) is 123 Å². The van der Waals surface area contributed by atoms with Crippen LogP contribution in [0, 0.1) is 22.7 Å². The number of rotatable bonds is 12. The van der Waals surface area contributed by atoms with Crippen LogP contribution in [0.15, 0.2) is 62.6 Å². The number of allylic oxidation sites excluding steroid dienone is 8. The van der Waals surface area contributed by atoms with Crippen molar-refractivity contribution in [1.29, 1.82) is 0 Å². The molecule has 1 aliphatic carbocycles. The first kappa shape index (κ1) is 34.6. The fourth-order valence-corrected chi connectivity index (χ4v) is 8.28. The molecule has 0 aromatic carbocycles. The third-order valence-corrected chi connectivity index (χ3v) is 9.49. The van der Waals surface area contributed by atoms with E-state index in [-0.39, 0.29) is 22.4 Å². The summed E-state index contributed by atoms with van der Waals surface area (Å²) in [6.45, 7) is 22.7. The van der Waals surface area contributed by atoms with E-state index in [0.29, 0.717) is 23.0 Å². The van der Waals surface area contributed by atoms with Crippen LogP contribution in [0.5, 0.6) is 0 Å². The van der Waals surface area contributed by atoms with Gasteiger partial charge >= 0.3 is 0 Å². The van der Waals surface area contributed by atoms with Crippen LogP contribution in [0.2, 0.25) is 0 Å². The van der Waals surface area contributed by atoms with Gasteiger partial charge in [-0.05, 0) is 93.6 Å². The lowest BCUT2D eigenvalue weighted by Gasteiger charge is -2.27. The zero-order valence-electron chi connectivity index (χ0n) is 27.9. The Bertz CT molecular complexity index is 1220. The summed E-state index contributed by atoms with van der Waals surface area (Å²) in [5.74, 6) is 1.46. The average Bonchev–Trinajstić information content (AvgIpc) is 2.83. The van der Waals surface area contributed by atoms with Gasteiger partial charge in [0, 0.05) is 25.0 Å². The summed E-state index contributed by atoms with van der Waals surface area (Å²) in [5, 5.41) is 11.1. The maximum Gasteiger partial charge on any atom is 0.218 e. The summed E-state index contributed by atoms with van der Waals surface area (Å²) in [5.41, 5.74) is 3.24. The molecule has 2 nitrogen and oxygen atoms in total. The predicted molar refractivity (Wildman–Crippen MR) is 187 cm³/mol. The lowest BCUT2D eigenvalue weighted by atomic mass is 9.85. The summed E-state index contributed by atoms with van der Waals surface area (Å²) in [6, 6.07) is 4.45. The Morgan fingerprint density at radius 2 is 1.29 bits per heavy atom. The number of aliphatic hydroxyl groups is 1. The first-order valence-corrected chi connectivity index (χ1v) is 17.6. The topological polar surface area (TPSA) is 37.3 Å². The van der Waals surface area contributed by atoms with E-state index in [1.807, 2.05) is 35.3 Å². The molecule has 0 saturated heterocycles. The molecule has 230 valence electrons. The van der Waals surface area contributed by atoms with Crippen molar-refractivity contribution in [1.82, 2.24) is 0 Å². The molecule has 1 N–H and O–H groups in total. The summed E-state index contributed by atoms with van der Waals surface area (Å²) in [4.78, 5) is 18.7. The Morgan fingerprint density at radius 3 is 1.69 bits per heavy atom. The highest BCUT2D eigenvalue weighted by atomic mass is 32.2. The zero-order chi connectivity index (χ0) is 31.2. The monoisotopic (exact) mass is 607 g/mol. The Labute approximate surface area is 265 Å². The molecule has 0 unspecified atom stereocenters. The summed E-state index contributed by atoms with van der Waals surface area (Å²) in [7, 11) is 0. The lowest BCUT2D eigenvalue weighted by Crippen LogP contribution is -2.21. The van der Waals surface area contributed by atoms with E-state index in [9.17, 15) is 9.90 Å². The Balaban J connectivity index is 1.91. The van der Waals surface area contributed by atoms with Gasteiger partial charge in [0.05, 0.1) is 11.1 Å². The molecule has 0 amide bonds. The highest BCUT2D eigenvalue weighted by molar-refractivity contribution is 8.06. The van der Waals surface area contributed by atoms with Crippen LogP contribution in [0.4, 0.5) is 0 Å². The van der Waals surface area contributed by atoms with Gasteiger partial charge in [-0.3, -0.25) is 4.79 Å². The van der Waals surface area contributed by atoms with E-state index in [1.54, 1.807) is 0 Å². The van der Waals surface area contributed by atoms with E-state index in [4.69, 9.17) is 0 Å². The summed E-state index contributed by atoms with van der Waals surface area (Å²) in [6.07, 6.45) is 17.1. The predicted octanol–water partition coefficient (Wildman–Crippen LogP) is 12.1. The Morgan fingerprint density at radius 1 is 0.810 bits per heavy atom. The number of hydrogen-bond acceptors (Lipinski definition) is 3. The van der Waals surface area contributed by atoms with Crippen molar-refractivity contribution in [3.05, 3.63) is 78.0 Å². The molecule has 0 bridgehead atoms. The van der Waals surface area contributed by atoms with Gasteiger partial charge < -0.3 is 5.11 Å². The maximum absolute atomic E-state index is 13.4. The molecule has 2 heterocycles. The Kier molecular flexibility index (Phi) is 12.1. The first-order valence-electron chi connectivity index (χ1n) is 16.0. The molecule has 0 radical (unpaired) electrons. The van der Waals surface area contributed by atoms with Crippen LogP contribution >= 0.6 is 23.1 Å². The molecule has 0 saturated carbocycles. The third-order valence-electron chi connectivity index (χ3n) is 7.27. The number of thioether (sulfide) groups is 1. The van der Waals surface area contributed by atoms with Crippen LogP contribution < -0.4 is 0 Å². The molecule has 1 aromatic rings. The van der Waals surface area contributed by atoms with E-state index in [1.165, 1.54) is 45.2 Å². The van der Waals surface area contributed by atoms with Crippen LogP contribution in [-0.4, -0.2) is 10.9 Å². The molecule has 0 spiro atoms. The van der Waals surface area contributed by atoms with E-state index in [0.717, 1.165) is 36.8 Å². The third kappa shape index (κ3) is 11.3. The second-order valence-corrected chi connectivity index (χ2v) is 18.0. The van der Waals surface area contributed by atoms with Gasteiger partial charge in [-0.15, -0.1) is 0 Å². The molecule has 1 aliphatic heterocycles. The minimum Gasteiger partial charge on any atom is -0.506 e. The van der Waals surface area contributed by atoms with Gasteiger partial charge in [0.15, 0.2) is 0 Å². The number of aryl methyl sites for hydroxylation is 2. The van der Waals surface area contributed by atoms with Gasteiger partial charge in [0.25, 0.3) is 0 Å². The van der Waals surface area contributed by atoms with Crippen molar-refractivity contribution in [2.24, 2.45) is 22.7 Å². The van der Waals surface area contributed by atoms with Crippen LogP contribution in [0.3, 0.4) is 0 Å². The highest BCUT2D eigenvalue weighted by Gasteiger charge is 2.33. The SMILES string of the molecule is CC(C)CCCc1cc(C=C2C(=O)C(C=C3C=C(CC(C)(C)C)SC(CC(C)(C)C)=C3)=C2O)cc(CCCC(C)C)[s+]1. The molecular formula is C38H55O2S2+. The zero-order valence-corrected chi connectivity index (χ0v) is 29.6. The largest absolute Gasteiger partial charge is 0.506 e. The van der Waals surface area contributed by atoms with E-state index < -0.39 is 0 Å². The lowest BCUT2D eigenvalue weighted by molar-refractivity contribution is -0.113. The summed E-state index contributed by atoms with van der Waals surface area (Å²) >= 11 is 3.78. The average molecular weight is 608 g/mol. The second kappa shape index (κ2) is 14.7. The second-order valence-electron chi connectivity index (χ2n) is 15.5. The van der Waals surface area contributed by atoms with Crippen LogP contribution in [0.25, 0.3) is 6.08 Å². The molecule has 2 aliphatic rings. The molecule has 42 heavy (non-hydrogen) atoms. The smallest absolute Gasteiger partial charge is 0.218 e. The molecular weight excluding hydrogens is 553 g/mol. The van der Waals surface area contributed by atoms with Crippen LogP contribution in [-0.2, 0) is 17.6 Å². The maximum atomic E-state index is 13.4. The van der Waals surface area contributed by atoms with Gasteiger partial charge in [-0.2, -0.15) is 0 Å². The normalized spacial score (nSPS) is 17.3. The van der Waals surface area contributed by atoms with Crippen molar-refractivity contribution < 1.29 is 9.90 Å². The van der Waals surface area contributed by atoms with E-state index in [2.05, 4.69) is 93.5 Å². The molecule has 0 atom stereocenters. The minimum absolute atomic E-state index is 0.0648. The number of carbonyl (C=O) groups excluding carboxylic acids is 1. The van der Waals surface area contributed by atoms with Gasteiger partial charge in [0.1, 0.15) is 5.76 Å². The Hall–Kier alpha value is -1.91. The number of carbonyl (C=O) groups is 1. The first-order chi connectivity index (χ1) is 19.5. The molecule has 1 aromatic heterocycles. The number of Topliss-reactive ketones (excluding diaryl/α,β-unsaturated/α-hetero) is 1. The number of aliphatic hydroxyl groups excluding tert-OH is 1. The van der Waals surface area contributed by atoms with Crippen molar-refractivity contribution in [3.63, 3.8) is 0 Å². The molecule has 0 fully saturated rings. The standard InChI is InChI=1S/C38H54O2S2/c1-25(2)13-11-15-29-17-27(18-30(41-29)16-12-14-26(3)4)21-33-35(39)34(36(33)40)22-28-19-31(23-37(5,6)7)42-32(20-28)24-38(8,9)10/h17-22,25-26H,11-16,23-24H2,1-10H3/p+1. The number of hydrogen-bond donors (Lipinski definition) is 1. The summed E-state index contributed by atoms with van der Waals surface area (Å²) < 4.78 is 0. The van der Waals surface area contributed by atoms with Crippen molar-refractivity contribution >= 4 is 35.0 Å². The fraction of sp³-hybridized carbons (Fsp3) is 0.579. The van der Waals surface area contributed by atoms with Crippen molar-refractivity contribution in [2.45, 2.75) is 121 Å². The van der Waals surface area contributed by atoms with Crippen molar-refractivity contribution in [3.8, 4) is 0 Å². The molecule has 4 heteroatoms. The number of ketones is 1. The van der Waals surface area contributed by atoms with Gasteiger partial charge in [-0.25, -0.2) is 0 Å². The van der Waals surface area contributed by atoms with Gasteiger partial charge in [0.2, 0.25) is 26.9 Å². The fourth-order valence-electron chi connectivity index (χ4n) is 5.33. The molecule has 3 rings (SSSR count). The van der Waals surface area contributed by atoms with Gasteiger partial charge in [-0.1, -0.05) is 93.8 Å². The minimum atomic E-state index is -0.0648. The highest BCUT2D eigenvalue weighted by Crippen LogP contribution is 2.44. The van der Waals surface area contributed by atoms with E-state index >= 15 is 0 Å².